The van der Waals surface area contributed by atoms with E-state index in [9.17, 15) is 0 Å². The molecule has 1 aromatic heterocycles. The highest BCUT2D eigenvalue weighted by molar-refractivity contribution is 5.63. The normalized spacial score (nSPS) is 16.2. The molecule has 1 aromatic carbocycles. The number of hydrogen-bond donors (Lipinski definition) is 2. The minimum Gasteiger partial charge on any atom is -0.337 e. The summed E-state index contributed by atoms with van der Waals surface area (Å²) in [6.45, 7) is 10.6. The van der Waals surface area contributed by atoms with Crippen LogP contribution in [0, 0.1) is 0 Å². The first-order chi connectivity index (χ1) is 10.1. The van der Waals surface area contributed by atoms with Crippen molar-refractivity contribution in [1.82, 2.24) is 20.5 Å². The van der Waals surface area contributed by atoms with Gasteiger partial charge in [-0.2, -0.15) is 4.98 Å². The number of piperazine rings is 1. The van der Waals surface area contributed by atoms with Gasteiger partial charge in [0.2, 0.25) is 5.95 Å². The zero-order valence-corrected chi connectivity index (χ0v) is 13.0. The number of H-pyrrole nitrogens is 1. The van der Waals surface area contributed by atoms with Gasteiger partial charge in [0, 0.05) is 31.7 Å². The molecule has 1 aliphatic heterocycles. The van der Waals surface area contributed by atoms with Crippen LogP contribution in [-0.2, 0) is 5.41 Å². The Bertz CT molecular complexity index is 605. The summed E-state index contributed by atoms with van der Waals surface area (Å²) >= 11 is 0. The summed E-state index contributed by atoms with van der Waals surface area (Å²) in [5.41, 5.74) is 2.50. The molecule has 5 nitrogen and oxygen atoms in total. The minimum atomic E-state index is 0.0819. The van der Waals surface area contributed by atoms with E-state index in [0.717, 1.165) is 43.5 Å². The maximum Gasteiger partial charge on any atom is 0.245 e. The molecule has 0 amide bonds. The molecule has 0 atom stereocenters. The second kappa shape index (κ2) is 5.48. The van der Waals surface area contributed by atoms with Gasteiger partial charge >= 0.3 is 0 Å². The molecule has 1 aliphatic rings. The summed E-state index contributed by atoms with van der Waals surface area (Å²) < 4.78 is 0. The lowest BCUT2D eigenvalue weighted by atomic mass is 9.83. The number of anilines is 1. The van der Waals surface area contributed by atoms with Gasteiger partial charge in [-0.25, -0.2) is 0 Å². The third-order valence-corrected chi connectivity index (χ3v) is 3.86. The van der Waals surface area contributed by atoms with Crippen LogP contribution in [0.1, 0.15) is 26.3 Å². The molecule has 0 bridgehead atoms. The summed E-state index contributed by atoms with van der Waals surface area (Å²) in [6, 6.07) is 8.42. The van der Waals surface area contributed by atoms with Crippen LogP contribution in [0.25, 0.3) is 11.4 Å². The number of nitrogens with zero attached hydrogens (tertiary/aromatic N) is 3. The van der Waals surface area contributed by atoms with Crippen molar-refractivity contribution in [2.45, 2.75) is 26.2 Å². The molecule has 3 rings (SSSR count). The predicted molar refractivity (Wildman–Crippen MR) is 85.6 cm³/mol. The van der Waals surface area contributed by atoms with Crippen LogP contribution in [0.3, 0.4) is 0 Å². The van der Waals surface area contributed by atoms with Crippen molar-refractivity contribution in [2.75, 3.05) is 31.1 Å². The Morgan fingerprint density at radius 2 is 1.81 bits per heavy atom. The minimum absolute atomic E-state index is 0.0819. The van der Waals surface area contributed by atoms with E-state index in [4.69, 9.17) is 4.98 Å². The maximum atomic E-state index is 4.71. The van der Waals surface area contributed by atoms with Crippen LogP contribution < -0.4 is 10.2 Å². The molecule has 0 aliphatic carbocycles. The molecule has 2 N–H and O–H groups in total. The van der Waals surface area contributed by atoms with Crippen molar-refractivity contribution < 1.29 is 0 Å². The highest BCUT2D eigenvalue weighted by Crippen LogP contribution is 2.31. The number of nitrogens with one attached hydrogen (secondary N) is 2. The van der Waals surface area contributed by atoms with Crippen LogP contribution in [-0.4, -0.2) is 41.4 Å². The summed E-state index contributed by atoms with van der Waals surface area (Å²) in [5, 5.41) is 10.9. The number of benzene rings is 1. The second-order valence-corrected chi connectivity index (χ2v) is 6.52. The van der Waals surface area contributed by atoms with E-state index in [1.165, 1.54) is 5.56 Å². The lowest BCUT2D eigenvalue weighted by Gasteiger charge is -2.25. The van der Waals surface area contributed by atoms with E-state index in [0.29, 0.717) is 0 Å². The average Bonchev–Trinajstić information content (AvgIpc) is 2.97. The molecule has 21 heavy (non-hydrogen) atoms. The monoisotopic (exact) mass is 285 g/mol. The fourth-order valence-electron chi connectivity index (χ4n) is 2.72. The van der Waals surface area contributed by atoms with Gasteiger partial charge in [-0.05, 0) is 11.0 Å². The molecule has 112 valence electrons. The molecule has 1 fully saturated rings. The lowest BCUT2D eigenvalue weighted by Crippen LogP contribution is -2.44. The Morgan fingerprint density at radius 1 is 1.10 bits per heavy atom. The maximum absolute atomic E-state index is 4.71. The first kappa shape index (κ1) is 14.1. The third kappa shape index (κ3) is 2.93. The molecular weight excluding hydrogens is 262 g/mol. The van der Waals surface area contributed by atoms with E-state index in [2.05, 4.69) is 65.5 Å². The van der Waals surface area contributed by atoms with Crippen LogP contribution in [0.5, 0.6) is 0 Å². The number of rotatable bonds is 2. The van der Waals surface area contributed by atoms with Gasteiger partial charge in [0.15, 0.2) is 5.82 Å². The van der Waals surface area contributed by atoms with Gasteiger partial charge in [0.05, 0.1) is 0 Å². The Labute approximate surface area is 125 Å². The zero-order chi connectivity index (χ0) is 14.9. The largest absolute Gasteiger partial charge is 0.337 e. The van der Waals surface area contributed by atoms with E-state index in [1.807, 2.05) is 0 Å². The fourth-order valence-corrected chi connectivity index (χ4v) is 2.72. The molecule has 2 heterocycles. The number of hydrogen-bond acceptors (Lipinski definition) is 4. The summed E-state index contributed by atoms with van der Waals surface area (Å²) in [5.74, 6) is 1.66. The predicted octanol–water partition coefficient (Wildman–Crippen LogP) is 2.18. The molecule has 0 saturated carbocycles. The van der Waals surface area contributed by atoms with Crippen molar-refractivity contribution in [3.05, 3.63) is 29.8 Å². The lowest BCUT2D eigenvalue weighted by molar-refractivity contribution is 0.580. The van der Waals surface area contributed by atoms with Crippen LogP contribution >= 0.6 is 0 Å². The Kier molecular flexibility index (Phi) is 3.68. The van der Waals surface area contributed by atoms with Gasteiger partial charge in [0.25, 0.3) is 0 Å². The highest BCUT2D eigenvalue weighted by Gasteiger charge is 2.21. The van der Waals surface area contributed by atoms with Crippen molar-refractivity contribution in [1.29, 1.82) is 0 Å². The average molecular weight is 285 g/mol. The Balaban J connectivity index is 1.93. The van der Waals surface area contributed by atoms with Crippen LogP contribution in [0.15, 0.2) is 24.3 Å². The van der Waals surface area contributed by atoms with Crippen molar-refractivity contribution in [3.8, 4) is 11.4 Å². The standard InChI is InChI=1S/C16H23N5/c1-16(2,3)13-7-5-4-6-12(13)14-18-15(20-19-14)21-10-8-17-9-11-21/h4-7,17H,8-11H2,1-3H3,(H,18,19,20). The molecule has 0 unspecified atom stereocenters. The number of aromatic amines is 1. The van der Waals surface area contributed by atoms with E-state index in [-0.39, 0.29) is 5.41 Å². The van der Waals surface area contributed by atoms with Crippen LogP contribution in [0.2, 0.25) is 0 Å². The van der Waals surface area contributed by atoms with Crippen molar-refractivity contribution >= 4 is 5.95 Å². The van der Waals surface area contributed by atoms with Crippen molar-refractivity contribution in [2.24, 2.45) is 0 Å². The quantitative estimate of drug-likeness (QED) is 0.888. The zero-order valence-electron chi connectivity index (χ0n) is 13.0. The summed E-state index contributed by atoms with van der Waals surface area (Å²) in [7, 11) is 0. The topological polar surface area (TPSA) is 56.8 Å². The van der Waals surface area contributed by atoms with E-state index >= 15 is 0 Å². The summed E-state index contributed by atoms with van der Waals surface area (Å²) in [4.78, 5) is 6.93. The summed E-state index contributed by atoms with van der Waals surface area (Å²) in [6.07, 6.45) is 0. The molecule has 1 saturated heterocycles. The Morgan fingerprint density at radius 3 is 2.52 bits per heavy atom. The first-order valence-corrected chi connectivity index (χ1v) is 7.53. The highest BCUT2D eigenvalue weighted by atomic mass is 15.4. The Hall–Kier alpha value is -1.88. The third-order valence-electron chi connectivity index (χ3n) is 3.86. The molecule has 0 spiro atoms. The van der Waals surface area contributed by atoms with Gasteiger partial charge in [-0.15, -0.1) is 5.10 Å². The van der Waals surface area contributed by atoms with Crippen molar-refractivity contribution in [3.63, 3.8) is 0 Å². The smallest absolute Gasteiger partial charge is 0.245 e. The van der Waals surface area contributed by atoms with Gasteiger partial charge in [-0.1, -0.05) is 45.0 Å². The molecule has 0 radical (unpaired) electrons. The van der Waals surface area contributed by atoms with E-state index in [1.54, 1.807) is 0 Å². The number of aromatic nitrogens is 3. The van der Waals surface area contributed by atoms with Crippen LogP contribution in [0.4, 0.5) is 5.95 Å². The van der Waals surface area contributed by atoms with E-state index < -0.39 is 0 Å². The molecular formula is C16H23N5. The van der Waals surface area contributed by atoms with Gasteiger partial charge in [0.1, 0.15) is 0 Å². The molecule has 2 aromatic rings. The van der Waals surface area contributed by atoms with Gasteiger partial charge in [-0.3, -0.25) is 5.10 Å². The SMILES string of the molecule is CC(C)(C)c1ccccc1-c1nc(N2CCNCC2)n[nH]1. The van der Waals surface area contributed by atoms with Gasteiger partial charge < -0.3 is 10.2 Å². The second-order valence-electron chi connectivity index (χ2n) is 6.52. The first-order valence-electron chi connectivity index (χ1n) is 7.53. The fraction of sp³-hybridized carbons (Fsp3) is 0.500. The molecule has 5 heteroatoms.